The lowest BCUT2D eigenvalue weighted by molar-refractivity contribution is 0.0898. The van der Waals surface area contributed by atoms with Crippen LogP contribution >= 0.6 is 0 Å². The first-order chi connectivity index (χ1) is 4.54. The van der Waals surface area contributed by atoms with E-state index in [1.54, 1.807) is 0 Å². The predicted octanol–water partition coefficient (Wildman–Crippen LogP) is 0.213. The van der Waals surface area contributed by atoms with E-state index < -0.39 is 0 Å². The molecule has 0 heterocycles. The van der Waals surface area contributed by atoms with Crippen molar-refractivity contribution in [1.29, 1.82) is 5.26 Å². The molecule has 0 saturated carbocycles. The molecule has 0 spiro atoms. The van der Waals surface area contributed by atoms with Crippen molar-refractivity contribution in [1.82, 2.24) is 4.90 Å². The van der Waals surface area contributed by atoms with Crippen molar-refractivity contribution in [3.63, 3.8) is 0 Å². The SMILES string of the molecule is CN(CC#N)C(C)(C)CO. The maximum absolute atomic E-state index is 8.84. The molecule has 0 atom stereocenters. The predicted molar refractivity (Wildman–Crippen MR) is 39.4 cm³/mol. The van der Waals surface area contributed by atoms with Gasteiger partial charge in [0.15, 0.2) is 0 Å². The van der Waals surface area contributed by atoms with Crippen LogP contribution in [0, 0.1) is 11.3 Å². The minimum Gasteiger partial charge on any atom is -0.394 e. The van der Waals surface area contributed by atoms with Crippen LogP contribution in [0.1, 0.15) is 13.8 Å². The molecule has 0 aromatic carbocycles. The maximum atomic E-state index is 8.84. The summed E-state index contributed by atoms with van der Waals surface area (Å²) < 4.78 is 0. The molecule has 0 radical (unpaired) electrons. The van der Waals surface area contributed by atoms with Gasteiger partial charge in [0, 0.05) is 5.54 Å². The molecular weight excluding hydrogens is 128 g/mol. The second-order valence-electron chi connectivity index (χ2n) is 2.98. The molecule has 0 aliphatic heterocycles. The van der Waals surface area contributed by atoms with Crippen molar-refractivity contribution in [3.05, 3.63) is 0 Å². The van der Waals surface area contributed by atoms with Crippen LogP contribution in [0.2, 0.25) is 0 Å². The van der Waals surface area contributed by atoms with E-state index in [2.05, 4.69) is 0 Å². The topological polar surface area (TPSA) is 47.3 Å². The van der Waals surface area contributed by atoms with Gasteiger partial charge in [0.25, 0.3) is 0 Å². The molecule has 0 saturated heterocycles. The third-order valence-corrected chi connectivity index (χ3v) is 1.73. The summed E-state index contributed by atoms with van der Waals surface area (Å²) in [6.07, 6.45) is 0. The number of nitriles is 1. The quantitative estimate of drug-likeness (QED) is 0.573. The molecule has 0 aliphatic rings. The molecule has 0 unspecified atom stereocenters. The minimum atomic E-state index is -0.282. The molecule has 3 nitrogen and oxygen atoms in total. The van der Waals surface area contributed by atoms with Gasteiger partial charge in [0.1, 0.15) is 0 Å². The lowest BCUT2D eigenvalue weighted by atomic mass is 10.1. The van der Waals surface area contributed by atoms with E-state index in [0.29, 0.717) is 6.54 Å². The lowest BCUT2D eigenvalue weighted by Gasteiger charge is -2.31. The van der Waals surface area contributed by atoms with Crippen molar-refractivity contribution in [2.45, 2.75) is 19.4 Å². The molecule has 3 heteroatoms. The summed E-state index contributed by atoms with van der Waals surface area (Å²) in [5.41, 5.74) is -0.282. The van der Waals surface area contributed by atoms with Crippen LogP contribution < -0.4 is 0 Å². The number of nitrogens with zero attached hydrogens (tertiary/aromatic N) is 2. The molecule has 10 heavy (non-hydrogen) atoms. The van der Waals surface area contributed by atoms with Crippen LogP contribution in [-0.4, -0.2) is 35.7 Å². The second kappa shape index (κ2) is 3.55. The number of hydrogen-bond donors (Lipinski definition) is 1. The highest BCUT2D eigenvalue weighted by Gasteiger charge is 2.21. The van der Waals surface area contributed by atoms with Gasteiger partial charge in [-0.1, -0.05) is 0 Å². The fourth-order valence-corrected chi connectivity index (χ4v) is 0.441. The molecule has 1 N–H and O–H groups in total. The Labute approximate surface area is 61.9 Å². The first kappa shape index (κ1) is 9.41. The zero-order valence-electron chi connectivity index (χ0n) is 6.76. The van der Waals surface area contributed by atoms with Crippen molar-refractivity contribution in [3.8, 4) is 6.07 Å². The number of rotatable bonds is 3. The van der Waals surface area contributed by atoms with Crippen molar-refractivity contribution in [2.75, 3.05) is 20.2 Å². The Hall–Kier alpha value is -0.590. The second-order valence-corrected chi connectivity index (χ2v) is 2.98. The smallest absolute Gasteiger partial charge is 0.0868 e. The molecule has 0 amide bonds. The molecule has 0 rings (SSSR count). The number of aliphatic hydroxyl groups is 1. The van der Waals surface area contributed by atoms with E-state index in [4.69, 9.17) is 10.4 Å². The molecule has 0 aromatic rings. The van der Waals surface area contributed by atoms with Gasteiger partial charge in [-0.05, 0) is 20.9 Å². The Morgan fingerprint density at radius 3 is 2.40 bits per heavy atom. The molecule has 0 fully saturated rings. The van der Waals surface area contributed by atoms with Crippen LogP contribution in [0.5, 0.6) is 0 Å². The summed E-state index contributed by atoms with van der Waals surface area (Å²) in [5.74, 6) is 0. The number of aliphatic hydroxyl groups excluding tert-OH is 1. The summed E-state index contributed by atoms with van der Waals surface area (Å²) >= 11 is 0. The Kier molecular flexibility index (Phi) is 3.34. The Bertz CT molecular complexity index is 137. The van der Waals surface area contributed by atoms with Gasteiger partial charge >= 0.3 is 0 Å². The van der Waals surface area contributed by atoms with Crippen LogP contribution in [0.4, 0.5) is 0 Å². The Morgan fingerprint density at radius 1 is 1.60 bits per heavy atom. The largest absolute Gasteiger partial charge is 0.394 e. The zero-order valence-corrected chi connectivity index (χ0v) is 6.76. The molecular formula is C7H14N2O. The van der Waals surface area contributed by atoms with E-state index in [0.717, 1.165) is 0 Å². The highest BCUT2D eigenvalue weighted by molar-refractivity contribution is 4.84. The van der Waals surface area contributed by atoms with Crippen LogP contribution in [0.15, 0.2) is 0 Å². The monoisotopic (exact) mass is 142 g/mol. The van der Waals surface area contributed by atoms with Gasteiger partial charge < -0.3 is 5.11 Å². The third-order valence-electron chi connectivity index (χ3n) is 1.73. The normalized spacial score (nSPS) is 11.6. The van der Waals surface area contributed by atoms with Crippen LogP contribution in [-0.2, 0) is 0 Å². The summed E-state index contributed by atoms with van der Waals surface area (Å²) in [7, 11) is 1.82. The van der Waals surface area contributed by atoms with Gasteiger partial charge in [-0.2, -0.15) is 5.26 Å². The summed E-state index contributed by atoms with van der Waals surface area (Å²) in [6, 6.07) is 2.02. The summed E-state index contributed by atoms with van der Waals surface area (Å²) in [6.45, 7) is 4.22. The highest BCUT2D eigenvalue weighted by Crippen LogP contribution is 2.09. The fraction of sp³-hybridized carbons (Fsp3) is 0.857. The van der Waals surface area contributed by atoms with Gasteiger partial charge in [-0.25, -0.2) is 0 Å². The molecule has 58 valence electrons. The van der Waals surface area contributed by atoms with E-state index in [1.807, 2.05) is 31.9 Å². The highest BCUT2D eigenvalue weighted by atomic mass is 16.3. The van der Waals surface area contributed by atoms with Gasteiger partial charge in [-0.3, -0.25) is 4.90 Å². The van der Waals surface area contributed by atoms with E-state index >= 15 is 0 Å². The summed E-state index contributed by atoms with van der Waals surface area (Å²) in [5, 5.41) is 17.2. The van der Waals surface area contributed by atoms with Gasteiger partial charge in [-0.15, -0.1) is 0 Å². The van der Waals surface area contributed by atoms with Gasteiger partial charge in [0.2, 0.25) is 0 Å². The minimum absolute atomic E-state index is 0.0746. The van der Waals surface area contributed by atoms with E-state index in [-0.39, 0.29) is 12.1 Å². The lowest BCUT2D eigenvalue weighted by Crippen LogP contribution is -2.44. The first-order valence-electron chi connectivity index (χ1n) is 3.23. The summed E-state index contributed by atoms with van der Waals surface area (Å²) in [4.78, 5) is 1.81. The number of hydrogen-bond acceptors (Lipinski definition) is 3. The molecule has 0 aliphatic carbocycles. The maximum Gasteiger partial charge on any atom is 0.0868 e. The Balaban J connectivity index is 3.93. The van der Waals surface area contributed by atoms with E-state index in [9.17, 15) is 0 Å². The van der Waals surface area contributed by atoms with Crippen molar-refractivity contribution < 1.29 is 5.11 Å². The fourth-order valence-electron chi connectivity index (χ4n) is 0.441. The third kappa shape index (κ3) is 2.34. The van der Waals surface area contributed by atoms with E-state index in [1.165, 1.54) is 0 Å². The molecule has 0 bridgehead atoms. The molecule has 0 aromatic heterocycles. The van der Waals surface area contributed by atoms with Crippen molar-refractivity contribution >= 4 is 0 Å². The average Bonchev–Trinajstić information content (AvgIpc) is 1.89. The standard InChI is InChI=1S/C7H14N2O/c1-7(2,6-10)9(3)5-4-8/h10H,5-6H2,1-3H3. The van der Waals surface area contributed by atoms with Gasteiger partial charge in [0.05, 0.1) is 19.2 Å². The van der Waals surface area contributed by atoms with Crippen LogP contribution in [0.3, 0.4) is 0 Å². The van der Waals surface area contributed by atoms with Crippen LogP contribution in [0.25, 0.3) is 0 Å². The zero-order chi connectivity index (χ0) is 8.20. The number of likely N-dealkylation sites (N-methyl/N-ethyl adjacent to an activating group) is 1. The van der Waals surface area contributed by atoms with Crippen molar-refractivity contribution in [2.24, 2.45) is 0 Å². The first-order valence-corrected chi connectivity index (χ1v) is 3.23. The Morgan fingerprint density at radius 2 is 2.10 bits per heavy atom. The average molecular weight is 142 g/mol.